The minimum atomic E-state index is -0.118. The fraction of sp³-hybridized carbons (Fsp3) is 0.440. The van der Waals surface area contributed by atoms with E-state index in [1.165, 1.54) is 12.8 Å². The lowest BCUT2D eigenvalue weighted by Gasteiger charge is -2.30. The molecule has 1 aliphatic heterocycles. The lowest BCUT2D eigenvalue weighted by molar-refractivity contribution is -0.114. The first-order chi connectivity index (χ1) is 16.4. The van der Waals surface area contributed by atoms with E-state index in [2.05, 4.69) is 27.1 Å². The van der Waals surface area contributed by atoms with Gasteiger partial charge in [0.1, 0.15) is 11.4 Å². The van der Waals surface area contributed by atoms with E-state index in [-0.39, 0.29) is 17.9 Å². The SMILES string of the molecule is C=C1CN(C2CCCC2)c2nc(Nc3ccc(C(=O)NC4CC4)cc3OC)ncc2N(C)C1=O. The highest BCUT2D eigenvalue weighted by Crippen LogP contribution is 2.37. The van der Waals surface area contributed by atoms with Crippen molar-refractivity contribution in [3.63, 3.8) is 0 Å². The van der Waals surface area contributed by atoms with Crippen LogP contribution in [0.1, 0.15) is 48.9 Å². The van der Waals surface area contributed by atoms with Crippen molar-refractivity contribution in [3.8, 4) is 5.75 Å². The summed E-state index contributed by atoms with van der Waals surface area (Å²) in [5.41, 5.74) is 2.41. The lowest BCUT2D eigenvalue weighted by atomic mass is 10.1. The monoisotopic (exact) mass is 462 g/mol. The van der Waals surface area contributed by atoms with Gasteiger partial charge >= 0.3 is 0 Å². The van der Waals surface area contributed by atoms with Crippen LogP contribution in [0.5, 0.6) is 5.75 Å². The molecule has 0 atom stereocenters. The maximum Gasteiger partial charge on any atom is 0.255 e. The number of nitrogens with zero attached hydrogens (tertiary/aromatic N) is 4. The number of hydrogen-bond donors (Lipinski definition) is 2. The van der Waals surface area contributed by atoms with Gasteiger partial charge in [0.2, 0.25) is 5.95 Å². The predicted molar refractivity (Wildman–Crippen MR) is 131 cm³/mol. The molecule has 2 saturated carbocycles. The van der Waals surface area contributed by atoms with E-state index in [1.54, 1.807) is 43.5 Å². The van der Waals surface area contributed by atoms with E-state index >= 15 is 0 Å². The van der Waals surface area contributed by atoms with Crippen LogP contribution in [0.2, 0.25) is 0 Å². The second kappa shape index (κ2) is 8.96. The van der Waals surface area contributed by atoms with Crippen molar-refractivity contribution in [3.05, 3.63) is 42.1 Å². The summed E-state index contributed by atoms with van der Waals surface area (Å²) in [5, 5.41) is 6.22. The normalized spacial score (nSPS) is 18.5. The van der Waals surface area contributed by atoms with E-state index in [0.29, 0.717) is 46.8 Å². The molecule has 5 rings (SSSR count). The minimum Gasteiger partial charge on any atom is -0.495 e. The van der Waals surface area contributed by atoms with Gasteiger partial charge in [0.25, 0.3) is 11.8 Å². The number of likely N-dealkylation sites (N-methyl/N-ethyl adjacent to an activating group) is 1. The molecule has 0 bridgehead atoms. The van der Waals surface area contributed by atoms with Crippen molar-refractivity contribution in [2.45, 2.75) is 50.6 Å². The molecule has 9 heteroatoms. The van der Waals surface area contributed by atoms with Gasteiger partial charge in [-0.15, -0.1) is 0 Å². The molecule has 2 N–H and O–H groups in total. The summed E-state index contributed by atoms with van der Waals surface area (Å²) < 4.78 is 5.54. The molecule has 0 radical (unpaired) electrons. The number of anilines is 4. The quantitative estimate of drug-likeness (QED) is 0.635. The van der Waals surface area contributed by atoms with Gasteiger partial charge in [0, 0.05) is 36.8 Å². The molecule has 2 aliphatic carbocycles. The van der Waals surface area contributed by atoms with Crippen LogP contribution < -0.4 is 25.2 Å². The summed E-state index contributed by atoms with van der Waals surface area (Å²) in [4.78, 5) is 38.3. The zero-order valence-electron chi connectivity index (χ0n) is 19.6. The molecule has 1 aromatic heterocycles. The number of hydrogen-bond acceptors (Lipinski definition) is 7. The third kappa shape index (κ3) is 4.30. The van der Waals surface area contributed by atoms with Gasteiger partial charge in [-0.3, -0.25) is 9.59 Å². The van der Waals surface area contributed by atoms with E-state index in [0.717, 1.165) is 31.5 Å². The van der Waals surface area contributed by atoms with Crippen LogP contribution in [-0.2, 0) is 4.79 Å². The van der Waals surface area contributed by atoms with Crippen molar-refractivity contribution >= 4 is 35.0 Å². The Bertz CT molecular complexity index is 1140. The summed E-state index contributed by atoms with van der Waals surface area (Å²) in [7, 11) is 3.30. The van der Waals surface area contributed by atoms with E-state index in [9.17, 15) is 9.59 Å². The number of carbonyl (C=O) groups is 2. The van der Waals surface area contributed by atoms with Crippen LogP contribution >= 0.6 is 0 Å². The van der Waals surface area contributed by atoms with Gasteiger partial charge < -0.3 is 25.2 Å². The van der Waals surface area contributed by atoms with Crippen molar-refractivity contribution in [2.75, 3.05) is 35.8 Å². The first-order valence-corrected chi connectivity index (χ1v) is 11.8. The molecule has 0 spiro atoms. The highest BCUT2D eigenvalue weighted by Gasteiger charge is 2.33. The van der Waals surface area contributed by atoms with Crippen LogP contribution in [0.25, 0.3) is 0 Å². The number of carbonyl (C=O) groups excluding carboxylic acids is 2. The third-order valence-electron chi connectivity index (χ3n) is 6.74. The number of rotatable bonds is 6. The van der Waals surface area contributed by atoms with Crippen LogP contribution in [-0.4, -0.2) is 54.6 Å². The van der Waals surface area contributed by atoms with Crippen LogP contribution in [0.3, 0.4) is 0 Å². The van der Waals surface area contributed by atoms with Gasteiger partial charge in [-0.25, -0.2) is 4.98 Å². The lowest BCUT2D eigenvalue weighted by Crippen LogP contribution is -2.35. The van der Waals surface area contributed by atoms with Crippen molar-refractivity contribution in [1.29, 1.82) is 0 Å². The number of nitrogens with one attached hydrogen (secondary N) is 2. The van der Waals surface area contributed by atoms with E-state index < -0.39 is 0 Å². The molecular weight excluding hydrogens is 432 g/mol. The molecule has 1 aromatic carbocycles. The summed E-state index contributed by atoms with van der Waals surface area (Å²) in [6.45, 7) is 4.47. The van der Waals surface area contributed by atoms with E-state index in [1.807, 2.05) is 0 Å². The molecule has 0 saturated heterocycles. The zero-order valence-corrected chi connectivity index (χ0v) is 19.6. The molecule has 34 heavy (non-hydrogen) atoms. The van der Waals surface area contributed by atoms with Gasteiger partial charge in [-0.2, -0.15) is 4.98 Å². The maximum atomic E-state index is 12.8. The third-order valence-corrected chi connectivity index (χ3v) is 6.74. The van der Waals surface area contributed by atoms with Gasteiger partial charge in [-0.1, -0.05) is 19.4 Å². The molecule has 178 valence electrons. The molecule has 9 nitrogen and oxygen atoms in total. The standard InChI is InChI=1S/C25H30N6O3/c1-15-14-31(18-6-4-5-7-18)22-20(30(2)24(15)33)13-26-25(29-22)28-19-11-8-16(12-21(19)34-3)23(32)27-17-9-10-17/h8,11-13,17-18H,1,4-7,9-10,14H2,2-3H3,(H,27,32)(H,26,28,29). The number of amides is 2. The number of benzene rings is 1. The Labute approximate surface area is 199 Å². The minimum absolute atomic E-state index is 0.103. The van der Waals surface area contributed by atoms with Gasteiger partial charge in [0.05, 0.1) is 19.0 Å². The Balaban J connectivity index is 1.45. The number of aromatic nitrogens is 2. The average Bonchev–Trinajstić information content (AvgIpc) is 3.51. The highest BCUT2D eigenvalue weighted by atomic mass is 16.5. The second-order valence-corrected chi connectivity index (χ2v) is 9.22. The largest absolute Gasteiger partial charge is 0.495 e. The fourth-order valence-corrected chi connectivity index (χ4v) is 4.64. The van der Waals surface area contributed by atoms with Crippen molar-refractivity contribution in [1.82, 2.24) is 15.3 Å². The average molecular weight is 463 g/mol. The summed E-state index contributed by atoms with van der Waals surface area (Å²) in [6.07, 6.45) is 8.20. The topological polar surface area (TPSA) is 99.7 Å². The summed E-state index contributed by atoms with van der Waals surface area (Å²) >= 11 is 0. The Morgan fingerprint density at radius 3 is 2.68 bits per heavy atom. The maximum absolute atomic E-state index is 12.8. The fourth-order valence-electron chi connectivity index (χ4n) is 4.64. The number of ether oxygens (including phenoxy) is 1. The molecule has 2 heterocycles. The Hall–Kier alpha value is -3.62. The Morgan fingerprint density at radius 1 is 1.21 bits per heavy atom. The molecule has 2 aromatic rings. The van der Waals surface area contributed by atoms with Crippen LogP contribution in [0, 0.1) is 0 Å². The van der Waals surface area contributed by atoms with Crippen LogP contribution in [0.4, 0.5) is 23.1 Å². The highest BCUT2D eigenvalue weighted by molar-refractivity contribution is 6.08. The zero-order chi connectivity index (χ0) is 23.8. The van der Waals surface area contributed by atoms with Gasteiger partial charge in [-0.05, 0) is 43.9 Å². The molecule has 2 fully saturated rings. The number of methoxy groups -OCH3 is 1. The number of fused-ring (bicyclic) bond motifs is 1. The first kappa shape index (κ1) is 22.2. The first-order valence-electron chi connectivity index (χ1n) is 11.8. The van der Waals surface area contributed by atoms with Crippen molar-refractivity contribution < 1.29 is 14.3 Å². The van der Waals surface area contributed by atoms with Gasteiger partial charge in [0.15, 0.2) is 5.82 Å². The Kier molecular flexibility index (Phi) is 5.85. The van der Waals surface area contributed by atoms with Crippen LogP contribution in [0.15, 0.2) is 36.5 Å². The predicted octanol–water partition coefficient (Wildman–Crippen LogP) is 3.40. The smallest absolute Gasteiger partial charge is 0.255 e. The molecular formula is C25H30N6O3. The second-order valence-electron chi connectivity index (χ2n) is 9.22. The summed E-state index contributed by atoms with van der Waals surface area (Å²) in [5.74, 6) is 1.42. The van der Waals surface area contributed by atoms with Crippen molar-refractivity contribution in [2.24, 2.45) is 0 Å². The molecule has 2 amide bonds. The van der Waals surface area contributed by atoms with E-state index in [4.69, 9.17) is 9.72 Å². The summed E-state index contributed by atoms with van der Waals surface area (Å²) in [6, 6.07) is 5.87. The molecule has 0 unspecified atom stereocenters. The molecule has 3 aliphatic rings. The Morgan fingerprint density at radius 2 is 1.97 bits per heavy atom.